The zero-order chi connectivity index (χ0) is 7.61. The monoisotopic (exact) mass is 139 g/mol. The molecule has 1 heterocycles. The van der Waals surface area contributed by atoms with Gasteiger partial charge in [-0.15, -0.1) is 0 Å². The number of anilines is 1. The second-order valence-electron chi connectivity index (χ2n) is 3.39. The van der Waals surface area contributed by atoms with Crippen LogP contribution in [0.15, 0.2) is 23.0 Å². The van der Waals surface area contributed by atoms with Crippen molar-refractivity contribution in [2.24, 2.45) is 0 Å². The van der Waals surface area contributed by atoms with Crippen LogP contribution in [-0.2, 0) is 0 Å². The van der Waals surface area contributed by atoms with Gasteiger partial charge in [-0.2, -0.15) is 0 Å². The fraction of sp³-hybridized carbons (Fsp3) is 0.500. The van der Waals surface area contributed by atoms with Gasteiger partial charge in [-0.1, -0.05) is 0 Å². The van der Waals surface area contributed by atoms with Gasteiger partial charge in [0.25, 0.3) is 0 Å². The maximum atomic E-state index is 4.90. The van der Waals surface area contributed by atoms with Crippen molar-refractivity contribution in [2.45, 2.75) is 26.3 Å². The molecule has 0 aliphatic rings. The van der Waals surface area contributed by atoms with E-state index in [1.54, 1.807) is 12.5 Å². The van der Waals surface area contributed by atoms with Crippen LogP contribution in [0.5, 0.6) is 0 Å². The maximum absolute atomic E-state index is 4.90. The van der Waals surface area contributed by atoms with Crippen molar-refractivity contribution < 1.29 is 4.42 Å². The average Bonchev–Trinajstić information content (AvgIpc) is 2.12. The molecule has 10 heavy (non-hydrogen) atoms. The van der Waals surface area contributed by atoms with Gasteiger partial charge in [-0.05, 0) is 26.8 Å². The Balaban J connectivity index is 2.57. The Kier molecular flexibility index (Phi) is 1.70. The van der Waals surface area contributed by atoms with E-state index in [2.05, 4.69) is 26.1 Å². The van der Waals surface area contributed by atoms with Crippen LogP contribution < -0.4 is 5.32 Å². The van der Waals surface area contributed by atoms with E-state index in [-0.39, 0.29) is 5.54 Å². The molecule has 0 aliphatic heterocycles. The number of rotatable bonds is 1. The molecule has 1 aromatic heterocycles. The number of hydrogen-bond acceptors (Lipinski definition) is 2. The lowest BCUT2D eigenvalue weighted by atomic mass is 10.1. The van der Waals surface area contributed by atoms with Crippen LogP contribution in [0.25, 0.3) is 0 Å². The van der Waals surface area contributed by atoms with Crippen molar-refractivity contribution in [1.82, 2.24) is 0 Å². The van der Waals surface area contributed by atoms with E-state index in [4.69, 9.17) is 4.42 Å². The molecule has 0 aliphatic carbocycles. The molecule has 1 N–H and O–H groups in total. The van der Waals surface area contributed by atoms with Gasteiger partial charge in [0.05, 0.1) is 12.0 Å². The quantitative estimate of drug-likeness (QED) is 0.646. The smallest absolute Gasteiger partial charge is 0.113 e. The lowest BCUT2D eigenvalue weighted by molar-refractivity contribution is 0.564. The van der Waals surface area contributed by atoms with Crippen molar-refractivity contribution in [1.29, 1.82) is 0 Å². The largest absolute Gasteiger partial charge is 0.470 e. The summed E-state index contributed by atoms with van der Waals surface area (Å²) in [5, 5.41) is 3.27. The van der Waals surface area contributed by atoms with Crippen molar-refractivity contribution in [3.05, 3.63) is 18.6 Å². The molecule has 0 radical (unpaired) electrons. The Morgan fingerprint density at radius 1 is 1.40 bits per heavy atom. The SMILES string of the molecule is CC(C)(C)Nc1ccoc1. The summed E-state index contributed by atoms with van der Waals surface area (Å²) in [6.45, 7) is 6.33. The predicted molar refractivity (Wildman–Crippen MR) is 42.1 cm³/mol. The van der Waals surface area contributed by atoms with Crippen LogP contribution in [0.4, 0.5) is 5.69 Å². The molecule has 0 saturated carbocycles. The Hall–Kier alpha value is -0.920. The molecular weight excluding hydrogens is 126 g/mol. The fourth-order valence-corrected chi connectivity index (χ4v) is 0.769. The van der Waals surface area contributed by atoms with E-state index >= 15 is 0 Å². The van der Waals surface area contributed by atoms with Crippen LogP contribution in [0.3, 0.4) is 0 Å². The fourth-order valence-electron chi connectivity index (χ4n) is 0.769. The van der Waals surface area contributed by atoms with Crippen LogP contribution in [0.1, 0.15) is 20.8 Å². The molecule has 0 aromatic carbocycles. The number of furan rings is 1. The topological polar surface area (TPSA) is 25.2 Å². The van der Waals surface area contributed by atoms with Gasteiger partial charge in [0.15, 0.2) is 0 Å². The first kappa shape index (κ1) is 7.19. The highest BCUT2D eigenvalue weighted by atomic mass is 16.3. The third-order valence-corrected chi connectivity index (χ3v) is 1.04. The van der Waals surface area contributed by atoms with Crippen molar-refractivity contribution in [2.75, 3.05) is 5.32 Å². The minimum atomic E-state index is 0.115. The van der Waals surface area contributed by atoms with E-state index in [0.717, 1.165) is 5.69 Å². The highest BCUT2D eigenvalue weighted by Gasteiger charge is 2.08. The normalized spacial score (nSPS) is 11.5. The first-order valence-corrected chi connectivity index (χ1v) is 3.38. The first-order chi connectivity index (χ1) is 4.58. The molecule has 1 aromatic rings. The van der Waals surface area contributed by atoms with Gasteiger partial charge < -0.3 is 9.73 Å². The Morgan fingerprint density at radius 3 is 2.50 bits per heavy atom. The molecule has 0 amide bonds. The summed E-state index contributed by atoms with van der Waals surface area (Å²) < 4.78 is 4.90. The van der Waals surface area contributed by atoms with E-state index in [1.165, 1.54) is 0 Å². The summed E-state index contributed by atoms with van der Waals surface area (Å²) in [5.74, 6) is 0. The van der Waals surface area contributed by atoms with Gasteiger partial charge in [0, 0.05) is 5.54 Å². The minimum Gasteiger partial charge on any atom is -0.470 e. The number of hydrogen-bond donors (Lipinski definition) is 1. The summed E-state index contributed by atoms with van der Waals surface area (Å²) in [6.07, 6.45) is 3.36. The van der Waals surface area contributed by atoms with Crippen molar-refractivity contribution in [3.8, 4) is 0 Å². The first-order valence-electron chi connectivity index (χ1n) is 3.38. The lowest BCUT2D eigenvalue weighted by Gasteiger charge is -2.20. The van der Waals surface area contributed by atoms with Crippen LogP contribution >= 0.6 is 0 Å². The van der Waals surface area contributed by atoms with E-state index < -0.39 is 0 Å². The van der Waals surface area contributed by atoms with E-state index in [0.29, 0.717) is 0 Å². The standard InChI is InChI=1S/C8H13NO/c1-8(2,3)9-7-4-5-10-6-7/h4-6,9H,1-3H3. The molecule has 0 unspecified atom stereocenters. The summed E-state index contributed by atoms with van der Waals surface area (Å²) in [4.78, 5) is 0. The molecule has 1 rings (SSSR count). The second kappa shape index (κ2) is 2.37. The number of nitrogens with one attached hydrogen (secondary N) is 1. The zero-order valence-corrected chi connectivity index (χ0v) is 6.64. The molecule has 0 saturated heterocycles. The van der Waals surface area contributed by atoms with Crippen molar-refractivity contribution in [3.63, 3.8) is 0 Å². The molecule has 0 spiro atoms. The summed E-state index contributed by atoms with van der Waals surface area (Å²) in [7, 11) is 0. The summed E-state index contributed by atoms with van der Waals surface area (Å²) in [6, 6.07) is 1.91. The molecular formula is C8H13NO. The minimum absolute atomic E-state index is 0.115. The molecule has 0 atom stereocenters. The summed E-state index contributed by atoms with van der Waals surface area (Å²) >= 11 is 0. The van der Waals surface area contributed by atoms with Crippen LogP contribution in [0, 0.1) is 0 Å². The molecule has 56 valence electrons. The highest BCUT2D eigenvalue weighted by molar-refractivity contribution is 5.40. The second-order valence-corrected chi connectivity index (χ2v) is 3.39. The Morgan fingerprint density at radius 2 is 2.10 bits per heavy atom. The molecule has 2 heteroatoms. The summed E-state index contributed by atoms with van der Waals surface area (Å²) in [5.41, 5.74) is 1.15. The van der Waals surface area contributed by atoms with Gasteiger partial charge >= 0.3 is 0 Å². The van der Waals surface area contributed by atoms with Gasteiger partial charge in [0.1, 0.15) is 6.26 Å². The predicted octanol–water partition coefficient (Wildman–Crippen LogP) is 2.49. The van der Waals surface area contributed by atoms with Crippen LogP contribution in [0.2, 0.25) is 0 Å². The Labute approximate surface area is 61.2 Å². The third kappa shape index (κ3) is 2.13. The lowest BCUT2D eigenvalue weighted by Crippen LogP contribution is -2.25. The van der Waals surface area contributed by atoms with Gasteiger partial charge in [0.2, 0.25) is 0 Å². The zero-order valence-electron chi connectivity index (χ0n) is 6.64. The molecule has 0 bridgehead atoms. The van der Waals surface area contributed by atoms with Crippen molar-refractivity contribution >= 4 is 5.69 Å². The third-order valence-electron chi connectivity index (χ3n) is 1.04. The van der Waals surface area contributed by atoms with E-state index in [1.807, 2.05) is 6.07 Å². The van der Waals surface area contributed by atoms with Gasteiger partial charge in [-0.3, -0.25) is 0 Å². The average molecular weight is 139 g/mol. The van der Waals surface area contributed by atoms with E-state index in [9.17, 15) is 0 Å². The molecule has 0 fully saturated rings. The van der Waals surface area contributed by atoms with Gasteiger partial charge in [-0.25, -0.2) is 0 Å². The van der Waals surface area contributed by atoms with Crippen LogP contribution in [-0.4, -0.2) is 5.54 Å². The Bertz CT molecular complexity index is 184. The maximum Gasteiger partial charge on any atom is 0.113 e. The molecule has 2 nitrogen and oxygen atoms in total. The highest BCUT2D eigenvalue weighted by Crippen LogP contribution is 2.13.